The highest BCUT2D eigenvalue weighted by atomic mass is 16.8. The summed E-state index contributed by atoms with van der Waals surface area (Å²) in [4.78, 5) is 13.6. The summed E-state index contributed by atoms with van der Waals surface area (Å²) >= 11 is 0. The Balaban J connectivity index is 0.808. The largest absolute Gasteiger partial charge is 0.458 e. The van der Waals surface area contributed by atoms with Gasteiger partial charge in [-0.1, -0.05) is 55.8 Å². The number of ether oxygens (including phenoxy) is 13. The third kappa shape index (κ3) is 10.8. The van der Waals surface area contributed by atoms with Crippen LogP contribution in [0.1, 0.15) is 125 Å². The number of fused-ring (bicyclic) bond motifs is 5. The quantitative estimate of drug-likeness (QED) is 0.0829. The van der Waals surface area contributed by atoms with Crippen molar-refractivity contribution in [1.29, 1.82) is 0 Å². The molecule has 0 radical (unpaired) electrons. The van der Waals surface area contributed by atoms with Gasteiger partial charge in [0.2, 0.25) is 0 Å². The van der Waals surface area contributed by atoms with Crippen LogP contribution in [0.15, 0.2) is 48.1 Å². The maximum atomic E-state index is 13.6. The van der Waals surface area contributed by atoms with E-state index in [-0.39, 0.29) is 37.9 Å². The number of rotatable bonds is 16. The Morgan fingerprint density at radius 3 is 1.68 bits per heavy atom. The molecule has 25 unspecified atom stereocenters. The number of hydrogen-bond donors (Lipinski definition) is 5. The standard InChI is InChI=1S/C58H88O19/c1-31-50(61)39(65-8)26-47(69-31)75-52-33(3)71-49(28-41(52)67-10)77-53-34(4)72-48(29-42(53)68-11)76-51-32(2)70-46(27-40(51)66-9)73-38-20-21-54(6)37(25-38)19-22-57(63)43(54)30-44(74-45(60)18-17-36-15-13-12-14-16-36)55(7)56(62,35(5)59)23-24-58(55,57)64/h12-19,31-35,38-44,46-53,59,61-64H,20-30H2,1-11H3/b18-17+. The van der Waals surface area contributed by atoms with Gasteiger partial charge in [0.25, 0.3) is 0 Å². The molecular formula is C58H88O19. The molecule has 0 aromatic heterocycles. The predicted octanol–water partition coefficient (Wildman–Crippen LogP) is 5.03. The van der Waals surface area contributed by atoms with E-state index in [2.05, 4.69) is 6.92 Å². The zero-order chi connectivity index (χ0) is 55.4. The molecule has 77 heavy (non-hydrogen) atoms. The molecule has 5 N–H and O–H groups in total. The van der Waals surface area contributed by atoms with Crippen molar-refractivity contribution in [2.24, 2.45) is 16.7 Å². The Morgan fingerprint density at radius 2 is 1.17 bits per heavy atom. The van der Waals surface area contributed by atoms with E-state index in [9.17, 15) is 30.3 Å². The molecule has 8 aliphatic rings. The molecule has 19 heteroatoms. The zero-order valence-corrected chi connectivity index (χ0v) is 46.9. The maximum Gasteiger partial charge on any atom is 0.331 e. The third-order valence-electron chi connectivity index (χ3n) is 19.8. The molecule has 1 aromatic carbocycles. The summed E-state index contributed by atoms with van der Waals surface area (Å²) in [6, 6.07) is 9.35. The molecule has 0 amide bonds. The summed E-state index contributed by atoms with van der Waals surface area (Å²) in [6.45, 7) is 12.8. The monoisotopic (exact) mass is 1090 g/mol. The highest BCUT2D eigenvalue weighted by Gasteiger charge is 2.81. The van der Waals surface area contributed by atoms with Crippen LogP contribution in [-0.4, -0.2) is 193 Å². The van der Waals surface area contributed by atoms with Crippen LogP contribution in [0.5, 0.6) is 0 Å². The molecule has 0 spiro atoms. The minimum Gasteiger partial charge on any atom is -0.458 e. The summed E-state index contributed by atoms with van der Waals surface area (Å²) in [5.74, 6) is -1.19. The zero-order valence-electron chi connectivity index (χ0n) is 46.9. The lowest BCUT2D eigenvalue weighted by Crippen LogP contribution is -2.78. The summed E-state index contributed by atoms with van der Waals surface area (Å²) in [5.41, 5.74) is -5.79. The van der Waals surface area contributed by atoms with Crippen LogP contribution in [0.4, 0.5) is 0 Å². The Morgan fingerprint density at radius 1 is 0.675 bits per heavy atom. The number of methoxy groups -OCH3 is 4. The molecule has 4 heterocycles. The van der Waals surface area contributed by atoms with Gasteiger partial charge in [-0.3, -0.25) is 0 Å². The van der Waals surface area contributed by atoms with Crippen molar-refractivity contribution in [3.63, 3.8) is 0 Å². The Kier molecular flexibility index (Phi) is 18.0. The first kappa shape index (κ1) is 59.1. The number of carbonyl (C=O) groups is 1. The van der Waals surface area contributed by atoms with Crippen molar-refractivity contribution < 1.29 is 91.9 Å². The molecule has 0 bridgehead atoms. The smallest absolute Gasteiger partial charge is 0.331 e. The molecule has 1 aromatic rings. The van der Waals surface area contributed by atoms with Crippen molar-refractivity contribution in [1.82, 2.24) is 0 Å². The first-order valence-corrected chi connectivity index (χ1v) is 28.1. The molecule has 3 saturated carbocycles. The van der Waals surface area contributed by atoms with Gasteiger partial charge in [0.1, 0.15) is 47.3 Å². The van der Waals surface area contributed by atoms with Gasteiger partial charge < -0.3 is 87.1 Å². The fourth-order valence-electron chi connectivity index (χ4n) is 15.1. The molecular weight excluding hydrogens is 1000 g/mol. The van der Waals surface area contributed by atoms with Crippen molar-refractivity contribution in [2.75, 3.05) is 28.4 Å². The molecule has 4 saturated heterocycles. The van der Waals surface area contributed by atoms with E-state index in [1.807, 2.05) is 57.2 Å². The first-order valence-electron chi connectivity index (χ1n) is 28.1. The number of hydrogen-bond acceptors (Lipinski definition) is 19. The van der Waals surface area contributed by atoms with Crippen LogP contribution in [-0.2, 0) is 66.4 Å². The van der Waals surface area contributed by atoms with Crippen molar-refractivity contribution in [3.8, 4) is 0 Å². The van der Waals surface area contributed by atoms with Gasteiger partial charge >= 0.3 is 5.97 Å². The van der Waals surface area contributed by atoms with Gasteiger partial charge in [0, 0.05) is 66.1 Å². The van der Waals surface area contributed by atoms with Crippen LogP contribution in [0, 0.1) is 16.7 Å². The van der Waals surface area contributed by atoms with Crippen molar-refractivity contribution >= 4 is 12.0 Å². The molecule has 434 valence electrons. The molecule has 19 nitrogen and oxygen atoms in total. The van der Waals surface area contributed by atoms with Crippen LogP contribution < -0.4 is 0 Å². The predicted molar refractivity (Wildman–Crippen MR) is 276 cm³/mol. The Bertz CT molecular complexity index is 2220. The molecule has 25 atom stereocenters. The van der Waals surface area contributed by atoms with E-state index < -0.39 is 144 Å². The molecule has 4 aliphatic heterocycles. The number of carbonyl (C=O) groups excluding carboxylic acids is 1. The average molecular weight is 1090 g/mol. The van der Waals surface area contributed by atoms with Crippen LogP contribution in [0.3, 0.4) is 0 Å². The van der Waals surface area contributed by atoms with E-state index in [1.165, 1.54) is 13.0 Å². The lowest BCUT2D eigenvalue weighted by Gasteiger charge is -2.67. The number of benzene rings is 1. The minimum atomic E-state index is -1.91. The average Bonchev–Trinajstić information content (AvgIpc) is 3.95. The van der Waals surface area contributed by atoms with Gasteiger partial charge in [-0.05, 0) is 96.6 Å². The van der Waals surface area contributed by atoms with E-state index >= 15 is 0 Å². The highest BCUT2D eigenvalue weighted by molar-refractivity contribution is 5.87. The second-order valence-corrected chi connectivity index (χ2v) is 23.8. The van der Waals surface area contributed by atoms with Crippen molar-refractivity contribution in [2.45, 2.75) is 253 Å². The molecule has 7 fully saturated rings. The van der Waals surface area contributed by atoms with Gasteiger partial charge in [0.15, 0.2) is 25.2 Å². The van der Waals surface area contributed by atoms with E-state index in [0.29, 0.717) is 44.9 Å². The summed E-state index contributed by atoms with van der Waals surface area (Å²) in [5, 5.41) is 59.9. The van der Waals surface area contributed by atoms with Gasteiger partial charge in [-0.2, -0.15) is 0 Å². The summed E-state index contributed by atoms with van der Waals surface area (Å²) < 4.78 is 81.7. The normalized spacial score (nSPS) is 48.6. The molecule has 4 aliphatic carbocycles. The fourth-order valence-corrected chi connectivity index (χ4v) is 15.1. The lowest BCUT2D eigenvalue weighted by atomic mass is 9.42. The van der Waals surface area contributed by atoms with E-state index in [1.54, 1.807) is 48.4 Å². The van der Waals surface area contributed by atoms with Crippen LogP contribution in [0.2, 0.25) is 0 Å². The second-order valence-electron chi connectivity index (χ2n) is 23.8. The Hall–Kier alpha value is -2.51. The third-order valence-corrected chi connectivity index (χ3v) is 19.8. The fraction of sp³-hybridized carbons (Fsp3) is 0.810. The number of aliphatic hydroxyl groups excluding tert-OH is 2. The SMILES string of the molecule is COC1CC(OC2C(C)OC(OC3C(C)OC(OC4C(C)OC(OC5CCC6(C)C(=CCC7(O)C6CC(OC(=O)/C=C/c6ccccc6)C6(C)C(O)(C(C)O)CCC76O)C5)CC4OC)CC3OC)CC2OC)OC(C)C1O. The first-order chi connectivity index (χ1) is 36.6. The topological polar surface area (TPSA) is 238 Å². The second kappa shape index (κ2) is 23.4. The number of esters is 1. The summed E-state index contributed by atoms with van der Waals surface area (Å²) in [6.07, 6.45) is -1.99. The molecule has 9 rings (SSSR count). The van der Waals surface area contributed by atoms with Crippen LogP contribution >= 0.6 is 0 Å². The van der Waals surface area contributed by atoms with Crippen molar-refractivity contribution in [3.05, 3.63) is 53.6 Å². The Labute approximate surface area is 454 Å². The van der Waals surface area contributed by atoms with E-state index in [0.717, 1.165) is 11.1 Å². The van der Waals surface area contributed by atoms with Gasteiger partial charge in [0.05, 0.1) is 66.5 Å². The van der Waals surface area contributed by atoms with Gasteiger partial charge in [-0.15, -0.1) is 0 Å². The van der Waals surface area contributed by atoms with Gasteiger partial charge in [-0.25, -0.2) is 4.79 Å². The highest BCUT2D eigenvalue weighted by Crippen LogP contribution is 2.71. The minimum absolute atomic E-state index is 0.0116. The maximum absolute atomic E-state index is 13.6. The van der Waals surface area contributed by atoms with E-state index in [4.69, 9.17) is 61.6 Å². The number of aliphatic hydroxyl groups is 5. The van der Waals surface area contributed by atoms with Crippen LogP contribution in [0.25, 0.3) is 6.08 Å². The summed E-state index contributed by atoms with van der Waals surface area (Å²) in [7, 11) is 6.49. The lowest BCUT2D eigenvalue weighted by molar-refractivity contribution is -0.347.